The second-order valence-electron chi connectivity index (χ2n) is 5.28. The molecular weight excluding hydrogens is 246 g/mol. The fourth-order valence-electron chi connectivity index (χ4n) is 2.48. The average molecular weight is 271 g/mol. The van der Waals surface area contributed by atoms with Crippen LogP contribution in [0.25, 0.3) is 10.9 Å². The van der Waals surface area contributed by atoms with E-state index < -0.39 is 0 Å². The molecule has 0 spiro atoms. The number of rotatable bonds is 7. The van der Waals surface area contributed by atoms with Crippen molar-refractivity contribution in [3.05, 3.63) is 42.1 Å². The molecule has 3 nitrogen and oxygen atoms in total. The maximum Gasteiger partial charge on any atom is 0.0705 e. The minimum Gasteiger partial charge on any atom is -0.327 e. The maximum absolute atomic E-state index is 6.24. The van der Waals surface area contributed by atoms with Gasteiger partial charge in [-0.2, -0.15) is 0 Å². The van der Waals surface area contributed by atoms with Crippen LogP contribution in [0.5, 0.6) is 0 Å². The lowest BCUT2D eigenvalue weighted by Gasteiger charge is -2.20. The lowest BCUT2D eigenvalue weighted by atomic mass is 10.1. The summed E-state index contributed by atoms with van der Waals surface area (Å²) in [5.74, 6) is 0. The molecule has 1 aromatic heterocycles. The van der Waals surface area contributed by atoms with E-state index in [1.54, 1.807) is 0 Å². The van der Waals surface area contributed by atoms with Crippen molar-refractivity contribution >= 4 is 10.9 Å². The molecule has 1 unspecified atom stereocenters. The number of hydrogen-bond donors (Lipinski definition) is 1. The SMILES string of the molecule is CCN(CC)CCC(N)Cc1ccc2ccccc2n1. The fourth-order valence-corrected chi connectivity index (χ4v) is 2.48. The van der Waals surface area contributed by atoms with E-state index in [-0.39, 0.29) is 6.04 Å². The Bertz CT molecular complexity index is 535. The van der Waals surface area contributed by atoms with E-state index in [9.17, 15) is 0 Å². The second-order valence-corrected chi connectivity index (χ2v) is 5.28. The summed E-state index contributed by atoms with van der Waals surface area (Å²) in [6, 6.07) is 12.6. The Labute approximate surface area is 121 Å². The highest BCUT2D eigenvalue weighted by Gasteiger charge is 2.08. The van der Waals surface area contributed by atoms with Crippen molar-refractivity contribution in [2.24, 2.45) is 5.73 Å². The van der Waals surface area contributed by atoms with Crippen molar-refractivity contribution in [2.75, 3.05) is 19.6 Å². The molecule has 0 aliphatic rings. The van der Waals surface area contributed by atoms with Crippen molar-refractivity contribution in [1.82, 2.24) is 9.88 Å². The monoisotopic (exact) mass is 271 g/mol. The average Bonchev–Trinajstić information content (AvgIpc) is 2.48. The molecule has 0 saturated heterocycles. The number of fused-ring (bicyclic) bond motifs is 1. The van der Waals surface area contributed by atoms with Crippen LogP contribution in [-0.4, -0.2) is 35.6 Å². The summed E-state index contributed by atoms with van der Waals surface area (Å²) in [6.07, 6.45) is 1.88. The molecule has 0 fully saturated rings. The van der Waals surface area contributed by atoms with E-state index in [4.69, 9.17) is 5.73 Å². The van der Waals surface area contributed by atoms with Gasteiger partial charge in [-0.25, -0.2) is 0 Å². The highest BCUT2D eigenvalue weighted by molar-refractivity contribution is 5.78. The standard InChI is InChI=1S/C17H25N3/c1-3-20(4-2)12-11-15(18)13-16-10-9-14-7-5-6-8-17(14)19-16/h5-10,15H,3-4,11-13,18H2,1-2H3. The summed E-state index contributed by atoms with van der Waals surface area (Å²) in [7, 11) is 0. The number of benzene rings is 1. The lowest BCUT2D eigenvalue weighted by molar-refractivity contribution is 0.289. The zero-order valence-electron chi connectivity index (χ0n) is 12.5. The molecule has 3 heteroatoms. The van der Waals surface area contributed by atoms with E-state index >= 15 is 0 Å². The van der Waals surface area contributed by atoms with Gasteiger partial charge < -0.3 is 10.6 Å². The van der Waals surface area contributed by atoms with Crippen molar-refractivity contribution in [3.8, 4) is 0 Å². The van der Waals surface area contributed by atoms with Crippen LogP contribution in [0.15, 0.2) is 36.4 Å². The smallest absolute Gasteiger partial charge is 0.0705 e. The maximum atomic E-state index is 6.24. The van der Waals surface area contributed by atoms with Gasteiger partial charge in [0.15, 0.2) is 0 Å². The Morgan fingerprint density at radius 3 is 2.60 bits per heavy atom. The molecule has 0 amide bonds. The summed E-state index contributed by atoms with van der Waals surface area (Å²) < 4.78 is 0. The molecule has 1 heterocycles. The lowest BCUT2D eigenvalue weighted by Crippen LogP contribution is -2.31. The summed E-state index contributed by atoms with van der Waals surface area (Å²) in [5.41, 5.74) is 8.39. The van der Waals surface area contributed by atoms with Crippen LogP contribution in [0.2, 0.25) is 0 Å². The number of hydrogen-bond acceptors (Lipinski definition) is 3. The first-order valence-corrected chi connectivity index (χ1v) is 7.55. The van der Waals surface area contributed by atoms with E-state index in [0.29, 0.717) is 0 Å². The highest BCUT2D eigenvalue weighted by atomic mass is 15.1. The number of pyridine rings is 1. The molecule has 0 bridgehead atoms. The van der Waals surface area contributed by atoms with Gasteiger partial charge in [-0.15, -0.1) is 0 Å². The predicted octanol–water partition coefficient (Wildman–Crippen LogP) is 2.84. The van der Waals surface area contributed by atoms with E-state index in [2.05, 4.69) is 48.0 Å². The van der Waals surface area contributed by atoms with Gasteiger partial charge in [0.1, 0.15) is 0 Å². The largest absolute Gasteiger partial charge is 0.327 e. The number of para-hydroxylation sites is 1. The van der Waals surface area contributed by atoms with Crippen LogP contribution < -0.4 is 5.73 Å². The van der Waals surface area contributed by atoms with E-state index in [1.807, 2.05) is 12.1 Å². The molecule has 20 heavy (non-hydrogen) atoms. The Morgan fingerprint density at radius 1 is 1.10 bits per heavy atom. The van der Waals surface area contributed by atoms with Crippen molar-refractivity contribution in [2.45, 2.75) is 32.7 Å². The van der Waals surface area contributed by atoms with Gasteiger partial charge in [0.25, 0.3) is 0 Å². The Morgan fingerprint density at radius 2 is 1.85 bits per heavy atom. The minimum absolute atomic E-state index is 0.185. The van der Waals surface area contributed by atoms with Gasteiger partial charge in [-0.05, 0) is 38.2 Å². The van der Waals surface area contributed by atoms with E-state index in [1.165, 1.54) is 5.39 Å². The number of nitrogens with zero attached hydrogens (tertiary/aromatic N) is 2. The van der Waals surface area contributed by atoms with Gasteiger partial charge in [-0.3, -0.25) is 4.98 Å². The van der Waals surface area contributed by atoms with Gasteiger partial charge in [0.2, 0.25) is 0 Å². The van der Waals surface area contributed by atoms with Crippen LogP contribution >= 0.6 is 0 Å². The molecule has 0 saturated carbocycles. The van der Waals surface area contributed by atoms with Crippen LogP contribution in [0.3, 0.4) is 0 Å². The first-order valence-electron chi connectivity index (χ1n) is 7.55. The van der Waals surface area contributed by atoms with Gasteiger partial charge in [-0.1, -0.05) is 38.1 Å². The van der Waals surface area contributed by atoms with Gasteiger partial charge in [0.05, 0.1) is 5.52 Å². The quantitative estimate of drug-likeness (QED) is 0.842. The van der Waals surface area contributed by atoms with Crippen LogP contribution in [-0.2, 0) is 6.42 Å². The second kappa shape index (κ2) is 7.36. The third kappa shape index (κ3) is 4.02. The summed E-state index contributed by atoms with van der Waals surface area (Å²) >= 11 is 0. The first kappa shape index (κ1) is 14.9. The third-order valence-corrected chi connectivity index (χ3v) is 3.84. The molecule has 108 valence electrons. The molecule has 2 aromatic rings. The molecule has 0 aliphatic heterocycles. The number of nitrogens with two attached hydrogens (primary N) is 1. The Kier molecular flexibility index (Phi) is 5.50. The van der Waals surface area contributed by atoms with Crippen LogP contribution in [0.4, 0.5) is 0 Å². The Balaban J connectivity index is 1.93. The van der Waals surface area contributed by atoms with Crippen molar-refractivity contribution in [1.29, 1.82) is 0 Å². The minimum atomic E-state index is 0.185. The van der Waals surface area contributed by atoms with Gasteiger partial charge >= 0.3 is 0 Å². The molecular formula is C17H25N3. The Hall–Kier alpha value is -1.45. The molecule has 1 aromatic carbocycles. The van der Waals surface area contributed by atoms with Crippen LogP contribution in [0, 0.1) is 0 Å². The molecule has 2 rings (SSSR count). The van der Waals surface area contributed by atoms with Crippen molar-refractivity contribution in [3.63, 3.8) is 0 Å². The molecule has 1 atom stereocenters. The summed E-state index contributed by atoms with van der Waals surface area (Å²) in [6.45, 7) is 7.65. The third-order valence-electron chi connectivity index (χ3n) is 3.84. The highest BCUT2D eigenvalue weighted by Crippen LogP contribution is 2.13. The fraction of sp³-hybridized carbons (Fsp3) is 0.471. The van der Waals surface area contributed by atoms with Gasteiger partial charge in [0, 0.05) is 23.5 Å². The number of aromatic nitrogens is 1. The first-order chi connectivity index (χ1) is 9.72. The van der Waals surface area contributed by atoms with Crippen LogP contribution in [0.1, 0.15) is 26.0 Å². The summed E-state index contributed by atoms with van der Waals surface area (Å²) in [5, 5.41) is 1.19. The topological polar surface area (TPSA) is 42.1 Å². The van der Waals surface area contributed by atoms with Crippen molar-refractivity contribution < 1.29 is 0 Å². The predicted molar refractivity (Wildman–Crippen MR) is 85.8 cm³/mol. The molecule has 2 N–H and O–H groups in total. The summed E-state index contributed by atoms with van der Waals surface area (Å²) in [4.78, 5) is 7.10. The van der Waals surface area contributed by atoms with E-state index in [0.717, 1.165) is 43.7 Å². The normalized spacial score (nSPS) is 13.0. The zero-order chi connectivity index (χ0) is 14.4. The molecule has 0 radical (unpaired) electrons. The molecule has 0 aliphatic carbocycles. The zero-order valence-corrected chi connectivity index (χ0v) is 12.5.